The zero-order chi connectivity index (χ0) is 15.9. The lowest BCUT2D eigenvalue weighted by Crippen LogP contribution is -2.39. The Morgan fingerprint density at radius 2 is 2.04 bits per heavy atom. The third kappa shape index (κ3) is 4.45. The molecular weight excluding hydrogens is 290 g/mol. The van der Waals surface area contributed by atoms with E-state index < -0.39 is 0 Å². The Balaban J connectivity index is 1.58. The van der Waals surface area contributed by atoms with Gasteiger partial charge in [0.1, 0.15) is 11.9 Å². The summed E-state index contributed by atoms with van der Waals surface area (Å²) in [5.74, 6) is 0.906. The van der Waals surface area contributed by atoms with Crippen molar-refractivity contribution in [2.45, 2.75) is 38.3 Å². The summed E-state index contributed by atoms with van der Waals surface area (Å²) in [4.78, 5) is 14.5. The first-order chi connectivity index (χ1) is 11.3. The van der Waals surface area contributed by atoms with Crippen molar-refractivity contribution in [1.82, 2.24) is 4.90 Å². The number of furan rings is 1. The van der Waals surface area contributed by atoms with E-state index in [-0.39, 0.29) is 12.0 Å². The van der Waals surface area contributed by atoms with E-state index in [2.05, 4.69) is 12.1 Å². The average molecular weight is 313 g/mol. The van der Waals surface area contributed by atoms with Gasteiger partial charge in [-0.25, -0.2) is 0 Å². The first-order valence-electron chi connectivity index (χ1n) is 8.29. The molecular formula is C19H23NO3. The minimum Gasteiger partial charge on any atom is -0.467 e. The minimum atomic E-state index is -0.276. The number of benzene rings is 1. The summed E-state index contributed by atoms with van der Waals surface area (Å²) in [6.07, 6.45) is 5.06. The second kappa shape index (κ2) is 7.97. The van der Waals surface area contributed by atoms with Crippen LogP contribution in [-0.2, 0) is 22.5 Å². The average Bonchev–Trinajstić information content (AvgIpc) is 3.28. The highest BCUT2D eigenvalue weighted by Gasteiger charge is 2.28. The van der Waals surface area contributed by atoms with Gasteiger partial charge in [0.25, 0.3) is 5.91 Å². The minimum absolute atomic E-state index is 0.0898. The summed E-state index contributed by atoms with van der Waals surface area (Å²) in [7, 11) is 0. The number of carbonyl (C=O) groups excluding carboxylic acids is 1. The number of ether oxygens (including phenoxy) is 1. The van der Waals surface area contributed by atoms with Gasteiger partial charge in [0.15, 0.2) is 0 Å². The highest BCUT2D eigenvalue weighted by molar-refractivity contribution is 5.81. The van der Waals surface area contributed by atoms with Gasteiger partial charge in [-0.3, -0.25) is 4.79 Å². The van der Waals surface area contributed by atoms with E-state index in [9.17, 15) is 4.79 Å². The normalized spacial score (nSPS) is 17.3. The van der Waals surface area contributed by atoms with Crippen molar-refractivity contribution in [3.63, 3.8) is 0 Å². The van der Waals surface area contributed by atoms with E-state index >= 15 is 0 Å². The molecule has 0 aliphatic carbocycles. The lowest BCUT2D eigenvalue weighted by atomic mass is 10.1. The molecule has 1 aromatic carbocycles. The maximum Gasteiger partial charge on any atom is 0.252 e. The molecule has 1 aliphatic rings. The van der Waals surface area contributed by atoms with E-state index in [0.717, 1.165) is 31.4 Å². The number of hydrogen-bond donors (Lipinski definition) is 0. The molecule has 1 aliphatic heterocycles. The molecule has 122 valence electrons. The van der Waals surface area contributed by atoms with Crippen molar-refractivity contribution in [2.24, 2.45) is 0 Å². The van der Waals surface area contributed by atoms with Crippen molar-refractivity contribution >= 4 is 5.91 Å². The lowest BCUT2D eigenvalue weighted by Gasteiger charge is -2.24. The van der Waals surface area contributed by atoms with Crippen molar-refractivity contribution in [3.8, 4) is 0 Å². The zero-order valence-electron chi connectivity index (χ0n) is 13.3. The second-order valence-electron chi connectivity index (χ2n) is 5.93. The largest absolute Gasteiger partial charge is 0.467 e. The van der Waals surface area contributed by atoms with Crippen molar-refractivity contribution in [2.75, 3.05) is 13.2 Å². The van der Waals surface area contributed by atoms with E-state index in [0.29, 0.717) is 19.7 Å². The zero-order valence-corrected chi connectivity index (χ0v) is 13.3. The quantitative estimate of drug-likeness (QED) is 0.786. The van der Waals surface area contributed by atoms with Gasteiger partial charge in [-0.2, -0.15) is 0 Å². The maximum atomic E-state index is 12.7. The van der Waals surface area contributed by atoms with Gasteiger partial charge in [0, 0.05) is 13.2 Å². The van der Waals surface area contributed by atoms with Gasteiger partial charge in [-0.05, 0) is 43.4 Å². The fourth-order valence-electron chi connectivity index (χ4n) is 2.95. The van der Waals surface area contributed by atoms with Gasteiger partial charge in [0.2, 0.25) is 0 Å². The van der Waals surface area contributed by atoms with Crippen LogP contribution in [0.4, 0.5) is 0 Å². The molecule has 4 heteroatoms. The molecule has 2 heterocycles. The summed E-state index contributed by atoms with van der Waals surface area (Å²) < 4.78 is 11.0. The van der Waals surface area contributed by atoms with Crippen LogP contribution in [0.3, 0.4) is 0 Å². The molecule has 0 spiro atoms. The SMILES string of the molecule is O=C([C@@H]1CCCO1)N(CCCc1ccccc1)Cc1ccco1. The fourth-order valence-corrected chi connectivity index (χ4v) is 2.95. The van der Waals surface area contributed by atoms with Crippen molar-refractivity contribution < 1.29 is 13.9 Å². The van der Waals surface area contributed by atoms with Crippen LogP contribution in [0.15, 0.2) is 53.1 Å². The first kappa shape index (κ1) is 15.8. The molecule has 4 nitrogen and oxygen atoms in total. The number of aryl methyl sites for hydroxylation is 1. The summed E-state index contributed by atoms with van der Waals surface area (Å²) in [5.41, 5.74) is 1.30. The van der Waals surface area contributed by atoms with Gasteiger partial charge >= 0.3 is 0 Å². The maximum absolute atomic E-state index is 12.7. The molecule has 1 aromatic heterocycles. The van der Waals surface area contributed by atoms with Crippen LogP contribution in [0.1, 0.15) is 30.6 Å². The molecule has 1 atom stereocenters. The van der Waals surface area contributed by atoms with Crippen LogP contribution in [0.2, 0.25) is 0 Å². The third-order valence-corrected chi connectivity index (χ3v) is 4.18. The molecule has 1 fully saturated rings. The Kier molecular flexibility index (Phi) is 5.48. The van der Waals surface area contributed by atoms with Gasteiger partial charge in [0.05, 0.1) is 12.8 Å². The van der Waals surface area contributed by atoms with Gasteiger partial charge in [-0.15, -0.1) is 0 Å². The summed E-state index contributed by atoms with van der Waals surface area (Å²) >= 11 is 0. The molecule has 0 N–H and O–H groups in total. The number of nitrogens with zero attached hydrogens (tertiary/aromatic N) is 1. The topological polar surface area (TPSA) is 42.7 Å². The fraction of sp³-hybridized carbons (Fsp3) is 0.421. The van der Waals surface area contributed by atoms with E-state index in [4.69, 9.17) is 9.15 Å². The van der Waals surface area contributed by atoms with Crippen LogP contribution in [0.5, 0.6) is 0 Å². The van der Waals surface area contributed by atoms with Crippen LogP contribution >= 0.6 is 0 Å². The second-order valence-corrected chi connectivity index (χ2v) is 5.93. The predicted molar refractivity (Wildman–Crippen MR) is 87.9 cm³/mol. The van der Waals surface area contributed by atoms with E-state index in [1.165, 1.54) is 5.56 Å². The number of amides is 1. The van der Waals surface area contributed by atoms with Crippen LogP contribution in [0, 0.1) is 0 Å². The predicted octanol–water partition coefficient (Wildman–Crippen LogP) is 3.42. The molecule has 0 unspecified atom stereocenters. The Morgan fingerprint density at radius 3 is 2.74 bits per heavy atom. The highest BCUT2D eigenvalue weighted by Crippen LogP contribution is 2.17. The molecule has 0 radical (unpaired) electrons. The number of rotatable bonds is 7. The Morgan fingerprint density at radius 1 is 1.17 bits per heavy atom. The van der Waals surface area contributed by atoms with E-state index in [1.54, 1.807) is 6.26 Å². The molecule has 2 aromatic rings. The number of hydrogen-bond acceptors (Lipinski definition) is 3. The molecule has 0 saturated carbocycles. The summed E-state index contributed by atoms with van der Waals surface area (Å²) in [6, 6.07) is 14.1. The monoisotopic (exact) mass is 313 g/mol. The van der Waals surface area contributed by atoms with E-state index in [1.807, 2.05) is 35.2 Å². The summed E-state index contributed by atoms with van der Waals surface area (Å²) in [6.45, 7) is 1.92. The van der Waals surface area contributed by atoms with Crippen LogP contribution in [0.25, 0.3) is 0 Å². The first-order valence-corrected chi connectivity index (χ1v) is 8.29. The van der Waals surface area contributed by atoms with Gasteiger partial charge in [-0.1, -0.05) is 30.3 Å². The summed E-state index contributed by atoms with van der Waals surface area (Å²) in [5, 5.41) is 0. The highest BCUT2D eigenvalue weighted by atomic mass is 16.5. The lowest BCUT2D eigenvalue weighted by molar-refractivity contribution is -0.141. The number of carbonyl (C=O) groups is 1. The Labute approximate surface area is 137 Å². The Hall–Kier alpha value is -2.07. The van der Waals surface area contributed by atoms with Crippen molar-refractivity contribution in [3.05, 3.63) is 60.1 Å². The molecule has 1 saturated heterocycles. The molecule has 1 amide bonds. The van der Waals surface area contributed by atoms with Crippen LogP contribution in [-0.4, -0.2) is 30.1 Å². The van der Waals surface area contributed by atoms with Gasteiger partial charge < -0.3 is 14.1 Å². The standard InChI is InChI=1S/C19H23NO3/c21-19(18-11-6-14-23-18)20(15-17-10-5-13-22-17)12-4-9-16-7-2-1-3-8-16/h1-3,5,7-8,10,13,18H,4,6,9,11-12,14-15H2/t18-/m0/s1. The molecule has 3 rings (SSSR count). The van der Waals surface area contributed by atoms with Crippen molar-refractivity contribution in [1.29, 1.82) is 0 Å². The smallest absolute Gasteiger partial charge is 0.252 e. The molecule has 23 heavy (non-hydrogen) atoms. The molecule has 0 bridgehead atoms. The van der Waals surface area contributed by atoms with Crippen LogP contribution < -0.4 is 0 Å². The Bertz CT molecular complexity index is 588. The third-order valence-electron chi connectivity index (χ3n) is 4.18.